The van der Waals surface area contributed by atoms with Crippen LogP contribution in [0.4, 0.5) is 0 Å². The standard InChI is InChI=1S/C48H30O/c1-3-14-31(15-4-1)36-24-13-25-37(32-16-5-2-6-17-32)47(36)48-40-22-11-9-20-38(40)45(39-21-10-12-23-41(39)48)34-26-28-42-44(30-34)49-43-29-27-33-18-7-8-19-35(33)46(42)43/h1-30H. The van der Waals surface area contributed by atoms with E-state index < -0.39 is 0 Å². The molecular weight excluding hydrogens is 593 g/mol. The number of hydrogen-bond donors (Lipinski definition) is 0. The van der Waals surface area contributed by atoms with Crippen LogP contribution < -0.4 is 0 Å². The van der Waals surface area contributed by atoms with E-state index >= 15 is 0 Å². The molecule has 1 heterocycles. The summed E-state index contributed by atoms with van der Waals surface area (Å²) in [6.07, 6.45) is 0. The molecule has 0 N–H and O–H groups in total. The summed E-state index contributed by atoms with van der Waals surface area (Å²) in [5.41, 5.74) is 11.6. The number of rotatable bonds is 4. The van der Waals surface area contributed by atoms with Gasteiger partial charge in [0, 0.05) is 10.8 Å². The lowest BCUT2D eigenvalue weighted by molar-refractivity contribution is 0.669. The van der Waals surface area contributed by atoms with Gasteiger partial charge in [-0.05, 0) is 95.0 Å². The molecule has 0 saturated heterocycles. The predicted octanol–water partition coefficient (Wildman–Crippen LogP) is 13.7. The fourth-order valence-electron chi connectivity index (χ4n) is 7.95. The lowest BCUT2D eigenvalue weighted by Crippen LogP contribution is -1.95. The lowest BCUT2D eigenvalue weighted by atomic mass is 9.81. The van der Waals surface area contributed by atoms with E-state index in [1.54, 1.807) is 0 Å². The van der Waals surface area contributed by atoms with Crippen molar-refractivity contribution in [2.75, 3.05) is 0 Å². The zero-order chi connectivity index (χ0) is 32.3. The average Bonchev–Trinajstić information content (AvgIpc) is 3.56. The highest BCUT2D eigenvalue weighted by atomic mass is 16.3. The maximum absolute atomic E-state index is 6.57. The lowest BCUT2D eigenvalue weighted by Gasteiger charge is -2.22. The smallest absolute Gasteiger partial charge is 0.136 e. The fraction of sp³-hybridized carbons (Fsp3) is 0. The Bertz CT molecular complexity index is 2750. The molecule has 49 heavy (non-hydrogen) atoms. The third kappa shape index (κ3) is 4.33. The second-order valence-corrected chi connectivity index (χ2v) is 12.8. The van der Waals surface area contributed by atoms with Crippen molar-refractivity contribution in [3.8, 4) is 44.5 Å². The second-order valence-electron chi connectivity index (χ2n) is 12.8. The molecular formula is C48H30O. The van der Waals surface area contributed by atoms with Crippen LogP contribution in [-0.4, -0.2) is 0 Å². The van der Waals surface area contributed by atoms with E-state index in [9.17, 15) is 0 Å². The Kier molecular flexibility index (Phi) is 6.25. The number of fused-ring (bicyclic) bond motifs is 7. The number of hydrogen-bond acceptors (Lipinski definition) is 1. The first-order valence-corrected chi connectivity index (χ1v) is 16.9. The zero-order valence-corrected chi connectivity index (χ0v) is 26.7. The molecule has 0 radical (unpaired) electrons. The van der Waals surface area contributed by atoms with Gasteiger partial charge in [-0.2, -0.15) is 0 Å². The van der Waals surface area contributed by atoms with Crippen LogP contribution in [0.3, 0.4) is 0 Å². The van der Waals surface area contributed by atoms with Gasteiger partial charge in [-0.15, -0.1) is 0 Å². The van der Waals surface area contributed by atoms with Crippen LogP contribution in [-0.2, 0) is 0 Å². The Balaban J connectivity index is 1.30. The van der Waals surface area contributed by atoms with Crippen LogP contribution >= 0.6 is 0 Å². The minimum absolute atomic E-state index is 0.905. The molecule has 0 unspecified atom stereocenters. The van der Waals surface area contributed by atoms with Gasteiger partial charge >= 0.3 is 0 Å². The Morgan fingerprint density at radius 2 is 0.816 bits per heavy atom. The summed E-state index contributed by atoms with van der Waals surface area (Å²) >= 11 is 0. The molecule has 1 nitrogen and oxygen atoms in total. The van der Waals surface area contributed by atoms with Gasteiger partial charge in [0.2, 0.25) is 0 Å². The van der Waals surface area contributed by atoms with Crippen molar-refractivity contribution < 1.29 is 4.42 Å². The molecule has 0 atom stereocenters. The highest BCUT2D eigenvalue weighted by Crippen LogP contribution is 2.49. The molecule has 9 aromatic carbocycles. The first kappa shape index (κ1) is 27.7. The maximum Gasteiger partial charge on any atom is 0.136 e. The second kappa shape index (κ2) is 11.1. The predicted molar refractivity (Wildman–Crippen MR) is 208 cm³/mol. The van der Waals surface area contributed by atoms with Crippen molar-refractivity contribution in [2.45, 2.75) is 0 Å². The molecule has 10 aromatic rings. The normalized spacial score (nSPS) is 11.7. The highest BCUT2D eigenvalue weighted by molar-refractivity contribution is 6.25. The third-order valence-corrected chi connectivity index (χ3v) is 10.1. The van der Waals surface area contributed by atoms with E-state index in [1.165, 1.54) is 76.6 Å². The van der Waals surface area contributed by atoms with Gasteiger partial charge in [-0.1, -0.05) is 164 Å². The summed E-state index contributed by atoms with van der Waals surface area (Å²) in [4.78, 5) is 0. The number of benzene rings is 9. The van der Waals surface area contributed by atoms with E-state index in [1.807, 2.05) is 0 Å². The Labute approximate surface area is 284 Å². The molecule has 0 fully saturated rings. The molecule has 10 rings (SSSR count). The van der Waals surface area contributed by atoms with Crippen LogP contribution in [0, 0.1) is 0 Å². The first-order valence-electron chi connectivity index (χ1n) is 16.9. The third-order valence-electron chi connectivity index (χ3n) is 10.1. The van der Waals surface area contributed by atoms with Gasteiger partial charge in [0.05, 0.1) is 0 Å². The molecule has 0 aliphatic rings. The molecule has 228 valence electrons. The molecule has 1 heteroatoms. The zero-order valence-electron chi connectivity index (χ0n) is 26.7. The molecule has 0 saturated carbocycles. The van der Waals surface area contributed by atoms with E-state index in [0.29, 0.717) is 0 Å². The van der Waals surface area contributed by atoms with Gasteiger partial charge < -0.3 is 4.42 Å². The Hall–Kier alpha value is -6.44. The van der Waals surface area contributed by atoms with Crippen LogP contribution in [0.15, 0.2) is 186 Å². The minimum atomic E-state index is 0.905. The van der Waals surface area contributed by atoms with E-state index in [2.05, 4.69) is 182 Å². The summed E-state index contributed by atoms with van der Waals surface area (Å²) in [5.74, 6) is 0. The summed E-state index contributed by atoms with van der Waals surface area (Å²) in [6.45, 7) is 0. The monoisotopic (exact) mass is 622 g/mol. The number of furan rings is 1. The molecule has 0 aliphatic carbocycles. The van der Waals surface area contributed by atoms with Crippen LogP contribution in [0.5, 0.6) is 0 Å². The van der Waals surface area contributed by atoms with Crippen LogP contribution in [0.1, 0.15) is 0 Å². The quantitative estimate of drug-likeness (QED) is 0.178. The van der Waals surface area contributed by atoms with Crippen LogP contribution in [0.2, 0.25) is 0 Å². The fourth-order valence-corrected chi connectivity index (χ4v) is 7.95. The maximum atomic E-state index is 6.57. The minimum Gasteiger partial charge on any atom is -0.456 e. The van der Waals surface area contributed by atoms with E-state index in [4.69, 9.17) is 4.42 Å². The summed E-state index contributed by atoms with van der Waals surface area (Å²) in [5, 5.41) is 9.66. The van der Waals surface area contributed by atoms with Gasteiger partial charge in [-0.25, -0.2) is 0 Å². The largest absolute Gasteiger partial charge is 0.456 e. The first-order chi connectivity index (χ1) is 24.3. The average molecular weight is 623 g/mol. The summed E-state index contributed by atoms with van der Waals surface area (Å²) in [7, 11) is 0. The highest BCUT2D eigenvalue weighted by Gasteiger charge is 2.22. The molecule has 0 amide bonds. The molecule has 0 bridgehead atoms. The molecule has 1 aromatic heterocycles. The van der Waals surface area contributed by atoms with Crippen molar-refractivity contribution in [3.63, 3.8) is 0 Å². The SMILES string of the molecule is c1ccc(-c2cccc(-c3ccccc3)c2-c2c3ccccc3c(-c3ccc4c(c3)oc3ccc5ccccc5c34)c3ccccc23)cc1. The topological polar surface area (TPSA) is 13.1 Å². The van der Waals surface area contributed by atoms with E-state index in [-0.39, 0.29) is 0 Å². The van der Waals surface area contributed by atoms with Crippen molar-refractivity contribution in [1.29, 1.82) is 0 Å². The van der Waals surface area contributed by atoms with Crippen molar-refractivity contribution >= 4 is 54.3 Å². The van der Waals surface area contributed by atoms with Crippen LogP contribution in [0.25, 0.3) is 98.8 Å². The Morgan fingerprint density at radius 3 is 1.43 bits per heavy atom. The van der Waals surface area contributed by atoms with Gasteiger partial charge in [-0.3, -0.25) is 0 Å². The van der Waals surface area contributed by atoms with Crippen molar-refractivity contribution in [3.05, 3.63) is 182 Å². The summed E-state index contributed by atoms with van der Waals surface area (Å²) < 4.78 is 6.57. The van der Waals surface area contributed by atoms with Gasteiger partial charge in [0.1, 0.15) is 11.2 Å². The van der Waals surface area contributed by atoms with Gasteiger partial charge in [0.25, 0.3) is 0 Å². The summed E-state index contributed by atoms with van der Waals surface area (Å²) in [6, 6.07) is 65.7. The van der Waals surface area contributed by atoms with Crippen molar-refractivity contribution in [2.24, 2.45) is 0 Å². The molecule has 0 spiro atoms. The van der Waals surface area contributed by atoms with Crippen molar-refractivity contribution in [1.82, 2.24) is 0 Å². The van der Waals surface area contributed by atoms with Gasteiger partial charge in [0.15, 0.2) is 0 Å². The molecule has 0 aliphatic heterocycles. The Morgan fingerprint density at radius 1 is 0.286 bits per heavy atom. The van der Waals surface area contributed by atoms with E-state index in [0.717, 1.165) is 22.1 Å².